The van der Waals surface area contributed by atoms with Gasteiger partial charge in [-0.3, -0.25) is 9.89 Å². The highest BCUT2D eigenvalue weighted by Gasteiger charge is 2.28. The fourth-order valence-corrected chi connectivity index (χ4v) is 3.57. The number of rotatable bonds is 3. The average Bonchev–Trinajstić information content (AvgIpc) is 2.72. The number of fused-ring (bicyclic) bond motifs is 1. The molecule has 0 aliphatic carbocycles. The quantitative estimate of drug-likeness (QED) is 0.910. The van der Waals surface area contributed by atoms with E-state index < -0.39 is 6.61 Å². The summed E-state index contributed by atoms with van der Waals surface area (Å²) in [4.78, 5) is 11.7. The summed E-state index contributed by atoms with van der Waals surface area (Å²) in [6.45, 7) is -1.01. The number of aryl methyl sites for hydroxylation is 1. The van der Waals surface area contributed by atoms with Crippen molar-refractivity contribution in [2.75, 3.05) is 11.1 Å². The van der Waals surface area contributed by atoms with Gasteiger partial charge >= 0.3 is 6.61 Å². The predicted octanol–water partition coefficient (Wildman–Crippen LogP) is 3.09. The first-order valence-corrected chi connectivity index (χ1v) is 7.60. The molecule has 1 aliphatic rings. The number of H-pyrrole nitrogens is 1. The van der Waals surface area contributed by atoms with E-state index in [1.807, 2.05) is 13.0 Å². The SMILES string of the molecule is Cc1[nH]nc2c1C(c1cccc(OC(F)F)c1)SCC(=O)N2. The molecular weight excluding hydrogens is 312 g/mol. The van der Waals surface area contributed by atoms with Crippen molar-refractivity contribution in [1.82, 2.24) is 10.2 Å². The molecule has 1 amide bonds. The number of alkyl halides is 2. The second-order valence-electron chi connectivity index (χ2n) is 4.80. The molecule has 1 aliphatic heterocycles. The minimum atomic E-state index is -2.87. The van der Waals surface area contributed by atoms with Gasteiger partial charge in [-0.15, -0.1) is 11.8 Å². The van der Waals surface area contributed by atoms with E-state index in [4.69, 9.17) is 0 Å². The van der Waals surface area contributed by atoms with Gasteiger partial charge in [0.1, 0.15) is 5.75 Å². The maximum atomic E-state index is 12.4. The maximum absolute atomic E-state index is 12.4. The summed E-state index contributed by atoms with van der Waals surface area (Å²) in [6.07, 6.45) is 0. The Labute approximate surface area is 129 Å². The number of nitrogens with one attached hydrogen (secondary N) is 2. The van der Waals surface area contributed by atoms with Crippen LogP contribution in [0, 0.1) is 6.92 Å². The molecule has 3 rings (SSSR count). The zero-order chi connectivity index (χ0) is 15.7. The van der Waals surface area contributed by atoms with E-state index in [-0.39, 0.29) is 22.7 Å². The van der Waals surface area contributed by atoms with Gasteiger partial charge in [0.25, 0.3) is 0 Å². The smallest absolute Gasteiger partial charge is 0.387 e. The topological polar surface area (TPSA) is 67.0 Å². The molecule has 116 valence electrons. The highest BCUT2D eigenvalue weighted by Crippen LogP contribution is 2.42. The van der Waals surface area contributed by atoms with Crippen molar-refractivity contribution in [3.8, 4) is 5.75 Å². The van der Waals surface area contributed by atoms with Gasteiger partial charge in [-0.1, -0.05) is 12.1 Å². The van der Waals surface area contributed by atoms with Crippen LogP contribution in [0.15, 0.2) is 24.3 Å². The minimum absolute atomic E-state index is 0.0966. The summed E-state index contributed by atoms with van der Waals surface area (Å²) in [5.41, 5.74) is 2.46. The van der Waals surface area contributed by atoms with Crippen LogP contribution < -0.4 is 10.1 Å². The first kappa shape index (κ1) is 14.8. The van der Waals surface area contributed by atoms with Gasteiger partial charge in [0.05, 0.1) is 11.0 Å². The second-order valence-corrected chi connectivity index (χ2v) is 5.89. The van der Waals surface area contributed by atoms with Crippen molar-refractivity contribution in [3.63, 3.8) is 0 Å². The first-order valence-electron chi connectivity index (χ1n) is 6.55. The highest BCUT2D eigenvalue weighted by atomic mass is 32.2. The van der Waals surface area contributed by atoms with Crippen molar-refractivity contribution in [2.45, 2.75) is 18.8 Å². The summed E-state index contributed by atoms with van der Waals surface area (Å²) >= 11 is 1.42. The number of benzene rings is 1. The Morgan fingerprint density at radius 3 is 3.05 bits per heavy atom. The molecule has 0 saturated heterocycles. The fourth-order valence-electron chi connectivity index (χ4n) is 2.38. The normalized spacial score (nSPS) is 17.8. The Balaban J connectivity index is 2.00. The summed E-state index contributed by atoms with van der Waals surface area (Å²) in [7, 11) is 0. The van der Waals surface area contributed by atoms with Crippen LogP contribution in [0.3, 0.4) is 0 Å². The number of hydrogen-bond donors (Lipinski definition) is 2. The number of thioether (sulfide) groups is 1. The Kier molecular flexibility index (Phi) is 4.02. The molecule has 0 spiro atoms. The number of amides is 1. The zero-order valence-corrected chi connectivity index (χ0v) is 12.4. The Bertz CT molecular complexity index is 705. The summed E-state index contributed by atoms with van der Waals surface area (Å²) < 4.78 is 29.2. The third-order valence-electron chi connectivity index (χ3n) is 3.28. The van der Waals surface area contributed by atoms with Crippen molar-refractivity contribution in [1.29, 1.82) is 0 Å². The van der Waals surface area contributed by atoms with Crippen LogP contribution in [-0.2, 0) is 4.79 Å². The van der Waals surface area contributed by atoms with Crippen LogP contribution in [0.4, 0.5) is 14.6 Å². The lowest BCUT2D eigenvalue weighted by molar-refractivity contribution is -0.113. The molecule has 2 N–H and O–H groups in total. The summed E-state index contributed by atoms with van der Waals surface area (Å²) in [5.74, 6) is 0.706. The number of ether oxygens (including phenoxy) is 1. The monoisotopic (exact) mass is 325 g/mol. The molecule has 2 heterocycles. The van der Waals surface area contributed by atoms with Crippen LogP contribution in [0.5, 0.6) is 5.75 Å². The minimum Gasteiger partial charge on any atom is -0.435 e. The molecule has 0 saturated carbocycles. The van der Waals surface area contributed by atoms with E-state index in [1.165, 1.54) is 17.8 Å². The molecule has 0 fully saturated rings. The molecule has 2 aromatic rings. The average molecular weight is 325 g/mol. The second kappa shape index (κ2) is 5.96. The molecule has 1 atom stereocenters. The molecule has 1 aromatic heterocycles. The number of carbonyl (C=O) groups is 1. The Morgan fingerprint density at radius 1 is 1.45 bits per heavy atom. The Hall–Kier alpha value is -2.09. The van der Waals surface area contributed by atoms with E-state index in [0.29, 0.717) is 5.82 Å². The molecule has 22 heavy (non-hydrogen) atoms. The molecule has 1 aromatic carbocycles. The van der Waals surface area contributed by atoms with E-state index in [2.05, 4.69) is 20.3 Å². The van der Waals surface area contributed by atoms with E-state index in [9.17, 15) is 13.6 Å². The number of carbonyl (C=O) groups excluding carboxylic acids is 1. The van der Waals surface area contributed by atoms with Gasteiger partial charge < -0.3 is 10.1 Å². The first-order chi connectivity index (χ1) is 10.5. The van der Waals surface area contributed by atoms with Gasteiger partial charge in [-0.25, -0.2) is 0 Å². The van der Waals surface area contributed by atoms with Gasteiger partial charge in [0.15, 0.2) is 5.82 Å². The fraction of sp³-hybridized carbons (Fsp3) is 0.286. The van der Waals surface area contributed by atoms with Crippen molar-refractivity contribution in [3.05, 3.63) is 41.1 Å². The predicted molar refractivity (Wildman–Crippen MR) is 79.3 cm³/mol. The zero-order valence-electron chi connectivity index (χ0n) is 11.6. The molecule has 1 unspecified atom stereocenters. The summed E-state index contributed by atoms with van der Waals surface area (Å²) in [5, 5.41) is 9.49. The lowest BCUT2D eigenvalue weighted by Crippen LogP contribution is -2.12. The Morgan fingerprint density at radius 2 is 2.27 bits per heavy atom. The number of nitrogens with zero attached hydrogens (tertiary/aromatic N) is 1. The maximum Gasteiger partial charge on any atom is 0.387 e. The van der Waals surface area contributed by atoms with Gasteiger partial charge in [0.2, 0.25) is 5.91 Å². The number of anilines is 1. The standard InChI is InChI=1S/C14H13F2N3O2S/c1-7-11-12(22-6-10(20)17-13(11)19-18-7)8-3-2-4-9(5-8)21-14(15)16/h2-5,12,14H,6H2,1H3,(H2,17,18,19,20). The van der Waals surface area contributed by atoms with Crippen LogP contribution >= 0.6 is 11.8 Å². The largest absolute Gasteiger partial charge is 0.435 e. The van der Waals surface area contributed by atoms with Gasteiger partial charge in [0, 0.05) is 11.3 Å². The number of hydrogen-bond acceptors (Lipinski definition) is 4. The molecule has 5 nitrogen and oxygen atoms in total. The van der Waals surface area contributed by atoms with Gasteiger partial charge in [-0.05, 0) is 24.6 Å². The van der Waals surface area contributed by atoms with Crippen LogP contribution in [0.25, 0.3) is 0 Å². The molecular formula is C14H13F2N3O2S. The number of aromatic amines is 1. The van der Waals surface area contributed by atoms with Crippen molar-refractivity contribution < 1.29 is 18.3 Å². The third kappa shape index (κ3) is 2.92. The van der Waals surface area contributed by atoms with Crippen molar-refractivity contribution in [2.24, 2.45) is 0 Å². The van der Waals surface area contributed by atoms with Crippen LogP contribution in [0.1, 0.15) is 22.1 Å². The highest BCUT2D eigenvalue weighted by molar-refractivity contribution is 8.00. The van der Waals surface area contributed by atoms with Gasteiger partial charge in [-0.2, -0.15) is 13.9 Å². The van der Waals surface area contributed by atoms with E-state index in [1.54, 1.807) is 12.1 Å². The number of halogens is 2. The third-order valence-corrected chi connectivity index (χ3v) is 4.55. The summed E-state index contributed by atoms with van der Waals surface area (Å²) in [6, 6.07) is 6.52. The van der Waals surface area contributed by atoms with Crippen molar-refractivity contribution >= 4 is 23.5 Å². The lowest BCUT2D eigenvalue weighted by atomic mass is 10.0. The molecule has 0 bridgehead atoms. The molecule has 8 heteroatoms. The van der Waals surface area contributed by atoms with Crippen LogP contribution in [0.2, 0.25) is 0 Å². The van der Waals surface area contributed by atoms with Crippen LogP contribution in [-0.4, -0.2) is 28.5 Å². The molecule has 0 radical (unpaired) electrons. The lowest BCUT2D eigenvalue weighted by Gasteiger charge is -2.16. The van der Waals surface area contributed by atoms with E-state index >= 15 is 0 Å². The number of aromatic nitrogens is 2. The van der Waals surface area contributed by atoms with E-state index in [0.717, 1.165) is 16.8 Å².